The van der Waals surface area contributed by atoms with E-state index < -0.39 is 11.7 Å². The first kappa shape index (κ1) is 15.1. The lowest BCUT2D eigenvalue weighted by atomic mass is 10.2. The summed E-state index contributed by atoms with van der Waals surface area (Å²) in [5, 5.41) is 5.77. The van der Waals surface area contributed by atoms with Crippen LogP contribution in [0.3, 0.4) is 0 Å². The summed E-state index contributed by atoms with van der Waals surface area (Å²) in [6.07, 6.45) is -3.74. The lowest BCUT2D eigenvalue weighted by Gasteiger charge is -2.11. The molecule has 0 atom stereocenters. The second-order valence-corrected chi connectivity index (χ2v) is 4.36. The van der Waals surface area contributed by atoms with E-state index in [0.717, 1.165) is 12.1 Å². The smallest absolute Gasteiger partial charge is 0.373 e. The quantitative estimate of drug-likeness (QED) is 0.900. The molecule has 4 nitrogen and oxygen atoms in total. The van der Waals surface area contributed by atoms with Crippen LogP contribution in [0.2, 0.25) is 0 Å². The van der Waals surface area contributed by atoms with Crippen LogP contribution in [0.15, 0.2) is 30.3 Å². The van der Waals surface area contributed by atoms with Gasteiger partial charge >= 0.3 is 6.18 Å². The average molecular weight is 296 g/mol. The van der Waals surface area contributed by atoms with Gasteiger partial charge in [0.15, 0.2) is 0 Å². The Morgan fingerprint density at radius 1 is 1.10 bits per heavy atom. The van der Waals surface area contributed by atoms with E-state index in [1.807, 2.05) is 6.92 Å². The van der Waals surface area contributed by atoms with Crippen molar-refractivity contribution in [1.82, 2.24) is 9.97 Å². The number of nitrogens with one attached hydrogen (secondary N) is 2. The molecule has 2 N–H and O–H groups in total. The average Bonchev–Trinajstić information content (AvgIpc) is 2.46. The zero-order valence-electron chi connectivity index (χ0n) is 11.6. The summed E-state index contributed by atoms with van der Waals surface area (Å²) in [6.45, 7) is 1.91. The van der Waals surface area contributed by atoms with Gasteiger partial charge < -0.3 is 10.6 Å². The summed E-state index contributed by atoms with van der Waals surface area (Å²) < 4.78 is 38.0. The number of aryl methyl sites for hydroxylation is 1. The summed E-state index contributed by atoms with van der Waals surface area (Å²) in [6, 6.07) is 6.63. The van der Waals surface area contributed by atoms with E-state index in [0.29, 0.717) is 29.6 Å². The Labute approximate surface area is 120 Å². The summed E-state index contributed by atoms with van der Waals surface area (Å²) in [4.78, 5) is 8.47. The van der Waals surface area contributed by atoms with Crippen molar-refractivity contribution >= 4 is 17.3 Å². The van der Waals surface area contributed by atoms with E-state index in [9.17, 15) is 13.2 Å². The second kappa shape index (κ2) is 5.99. The molecular formula is C14H15F3N4. The van der Waals surface area contributed by atoms with E-state index in [-0.39, 0.29) is 0 Å². The molecule has 0 spiro atoms. The number of hydrogen-bond acceptors (Lipinski definition) is 4. The first-order chi connectivity index (χ1) is 9.92. The van der Waals surface area contributed by atoms with Gasteiger partial charge in [0.25, 0.3) is 0 Å². The number of benzene rings is 1. The van der Waals surface area contributed by atoms with Gasteiger partial charge in [0, 0.05) is 25.2 Å². The van der Waals surface area contributed by atoms with Gasteiger partial charge in [0.1, 0.15) is 17.5 Å². The van der Waals surface area contributed by atoms with Crippen molar-refractivity contribution in [3.05, 3.63) is 41.7 Å². The lowest BCUT2D eigenvalue weighted by molar-refractivity contribution is -0.137. The van der Waals surface area contributed by atoms with Gasteiger partial charge in [0.2, 0.25) is 0 Å². The molecule has 2 aromatic rings. The number of hydrogen-bond donors (Lipinski definition) is 2. The number of aromatic nitrogens is 2. The van der Waals surface area contributed by atoms with E-state index in [1.165, 1.54) is 6.07 Å². The largest absolute Gasteiger partial charge is 0.416 e. The van der Waals surface area contributed by atoms with Gasteiger partial charge in [0.05, 0.1) is 5.56 Å². The van der Waals surface area contributed by atoms with Crippen LogP contribution in [0.1, 0.15) is 18.3 Å². The van der Waals surface area contributed by atoms with Crippen LogP contribution in [0, 0.1) is 0 Å². The normalized spacial score (nSPS) is 11.3. The van der Waals surface area contributed by atoms with E-state index in [1.54, 1.807) is 19.2 Å². The monoisotopic (exact) mass is 296 g/mol. The summed E-state index contributed by atoms with van der Waals surface area (Å²) in [5.41, 5.74) is -0.376. The highest BCUT2D eigenvalue weighted by Gasteiger charge is 2.30. The van der Waals surface area contributed by atoms with Crippen molar-refractivity contribution < 1.29 is 13.2 Å². The van der Waals surface area contributed by atoms with Gasteiger partial charge in [-0.2, -0.15) is 13.2 Å². The van der Waals surface area contributed by atoms with Crippen molar-refractivity contribution in [1.29, 1.82) is 0 Å². The standard InChI is InChI=1S/C14H15F3N4/c1-3-11-20-12(18-2)8-13(21-11)19-10-6-4-5-9(7-10)14(15,16)17/h4-8H,3H2,1-2H3,(H2,18,19,20,21). The molecule has 0 aliphatic heterocycles. The van der Waals surface area contributed by atoms with E-state index in [4.69, 9.17) is 0 Å². The molecule has 0 saturated carbocycles. The van der Waals surface area contributed by atoms with Crippen LogP contribution in [0.25, 0.3) is 0 Å². The highest BCUT2D eigenvalue weighted by atomic mass is 19.4. The molecule has 0 aliphatic carbocycles. The fourth-order valence-corrected chi connectivity index (χ4v) is 1.77. The Bertz CT molecular complexity index is 604. The van der Waals surface area contributed by atoms with Gasteiger partial charge in [-0.15, -0.1) is 0 Å². The number of halogens is 3. The van der Waals surface area contributed by atoms with Crippen LogP contribution in [0.4, 0.5) is 30.5 Å². The molecule has 1 aromatic carbocycles. The first-order valence-electron chi connectivity index (χ1n) is 6.42. The molecule has 7 heteroatoms. The number of alkyl halides is 3. The van der Waals surface area contributed by atoms with Crippen LogP contribution >= 0.6 is 0 Å². The van der Waals surface area contributed by atoms with Gasteiger partial charge in [-0.05, 0) is 18.2 Å². The highest BCUT2D eigenvalue weighted by molar-refractivity contribution is 5.60. The maximum Gasteiger partial charge on any atom is 0.416 e. The fraction of sp³-hybridized carbons (Fsp3) is 0.286. The maximum atomic E-state index is 12.7. The zero-order chi connectivity index (χ0) is 15.5. The molecule has 1 aromatic heterocycles. The third kappa shape index (κ3) is 3.84. The highest BCUT2D eigenvalue weighted by Crippen LogP contribution is 2.31. The van der Waals surface area contributed by atoms with Crippen LogP contribution in [0.5, 0.6) is 0 Å². The third-order valence-electron chi connectivity index (χ3n) is 2.81. The Hall–Kier alpha value is -2.31. The topological polar surface area (TPSA) is 49.8 Å². The van der Waals surface area contributed by atoms with Gasteiger partial charge in [-0.1, -0.05) is 13.0 Å². The molecule has 0 bridgehead atoms. The first-order valence-corrected chi connectivity index (χ1v) is 6.42. The van der Waals surface area contributed by atoms with Gasteiger partial charge in [-0.3, -0.25) is 0 Å². The van der Waals surface area contributed by atoms with Gasteiger partial charge in [-0.25, -0.2) is 9.97 Å². The predicted octanol–water partition coefficient (Wildman–Crippen LogP) is 3.84. The SMILES string of the molecule is CCc1nc(NC)cc(Nc2cccc(C(F)(F)F)c2)n1. The summed E-state index contributed by atoms with van der Waals surface area (Å²) >= 11 is 0. The Kier molecular flexibility index (Phi) is 4.30. The number of rotatable bonds is 4. The minimum atomic E-state index is -4.37. The molecule has 21 heavy (non-hydrogen) atoms. The minimum absolute atomic E-state index is 0.327. The molecule has 0 fully saturated rings. The second-order valence-electron chi connectivity index (χ2n) is 4.36. The molecule has 0 amide bonds. The summed E-state index contributed by atoms with van der Waals surface area (Å²) in [7, 11) is 1.72. The summed E-state index contributed by atoms with van der Waals surface area (Å²) in [5.74, 6) is 1.66. The zero-order valence-corrected chi connectivity index (χ0v) is 11.6. The molecule has 0 aliphatic rings. The number of nitrogens with zero attached hydrogens (tertiary/aromatic N) is 2. The van der Waals surface area contributed by atoms with Crippen molar-refractivity contribution in [3.8, 4) is 0 Å². The number of anilines is 3. The molecule has 112 valence electrons. The third-order valence-corrected chi connectivity index (χ3v) is 2.81. The Balaban J connectivity index is 2.30. The molecule has 1 heterocycles. The Morgan fingerprint density at radius 3 is 2.43 bits per heavy atom. The molecule has 0 saturated heterocycles. The van der Waals surface area contributed by atoms with Crippen LogP contribution in [-0.2, 0) is 12.6 Å². The van der Waals surface area contributed by atoms with E-state index in [2.05, 4.69) is 20.6 Å². The van der Waals surface area contributed by atoms with Crippen molar-refractivity contribution in [2.75, 3.05) is 17.7 Å². The van der Waals surface area contributed by atoms with Crippen molar-refractivity contribution in [2.45, 2.75) is 19.5 Å². The lowest BCUT2D eigenvalue weighted by Crippen LogP contribution is -2.06. The van der Waals surface area contributed by atoms with Crippen molar-refractivity contribution in [3.63, 3.8) is 0 Å². The van der Waals surface area contributed by atoms with E-state index >= 15 is 0 Å². The Morgan fingerprint density at radius 2 is 1.81 bits per heavy atom. The van der Waals surface area contributed by atoms with Crippen LogP contribution in [-0.4, -0.2) is 17.0 Å². The minimum Gasteiger partial charge on any atom is -0.373 e. The molecule has 0 radical (unpaired) electrons. The predicted molar refractivity (Wildman–Crippen MR) is 75.7 cm³/mol. The van der Waals surface area contributed by atoms with Crippen molar-refractivity contribution in [2.24, 2.45) is 0 Å². The fourth-order valence-electron chi connectivity index (χ4n) is 1.77. The van der Waals surface area contributed by atoms with Crippen LogP contribution < -0.4 is 10.6 Å². The molecule has 0 unspecified atom stereocenters. The molecular weight excluding hydrogens is 281 g/mol. The maximum absolute atomic E-state index is 12.7. The molecule has 2 rings (SSSR count).